The maximum absolute atomic E-state index is 13.3. The summed E-state index contributed by atoms with van der Waals surface area (Å²) in [5.74, 6) is 1.54. The molecule has 3 nitrogen and oxygen atoms in total. The highest BCUT2D eigenvalue weighted by Crippen LogP contribution is 2.82. The standard InChI is InChI=1S/C21H28O3/c1-5-19-12-15-13(4)8-9-16(15)20(6-2)11-14(19)10-17(22)21(19,20)18(23)24-7-3/h5-6,13-16H,1-2,7-12H2,3-4H3/t13-,14?,15-,16-,19-,20-,21?/m1/s1. The summed E-state index contributed by atoms with van der Waals surface area (Å²) in [5.41, 5.74) is -1.96. The molecule has 3 heteroatoms. The van der Waals surface area contributed by atoms with E-state index in [1.807, 2.05) is 19.1 Å². The zero-order chi connectivity index (χ0) is 17.3. The number of hydrogen-bond donors (Lipinski definition) is 0. The molecule has 2 unspecified atom stereocenters. The third kappa shape index (κ3) is 1.35. The van der Waals surface area contributed by atoms with Crippen LogP contribution in [0.5, 0.6) is 0 Å². The largest absolute Gasteiger partial charge is 0.465 e. The molecule has 4 fully saturated rings. The Morgan fingerprint density at radius 1 is 1.25 bits per heavy atom. The molecule has 0 aromatic carbocycles. The Hall–Kier alpha value is -1.38. The summed E-state index contributed by atoms with van der Waals surface area (Å²) in [6.45, 7) is 12.7. The van der Waals surface area contributed by atoms with Crippen molar-refractivity contribution in [1.82, 2.24) is 0 Å². The number of allylic oxidation sites excluding steroid dienone is 2. The minimum absolute atomic E-state index is 0.0787. The van der Waals surface area contributed by atoms with Crippen LogP contribution in [0.3, 0.4) is 0 Å². The van der Waals surface area contributed by atoms with Gasteiger partial charge < -0.3 is 4.74 Å². The number of esters is 1. The lowest BCUT2D eigenvalue weighted by molar-refractivity contribution is -0.182. The van der Waals surface area contributed by atoms with E-state index in [4.69, 9.17) is 4.74 Å². The maximum atomic E-state index is 13.3. The second kappa shape index (κ2) is 4.83. The molecule has 0 N–H and O–H groups in total. The van der Waals surface area contributed by atoms with Gasteiger partial charge in [0.2, 0.25) is 0 Å². The van der Waals surface area contributed by atoms with Gasteiger partial charge in [0.15, 0.2) is 5.78 Å². The van der Waals surface area contributed by atoms with Crippen LogP contribution in [0.4, 0.5) is 0 Å². The Kier molecular flexibility index (Phi) is 3.24. The van der Waals surface area contributed by atoms with E-state index in [-0.39, 0.29) is 17.7 Å². The molecular formula is C21H28O3. The lowest BCUT2D eigenvalue weighted by Crippen LogP contribution is -2.62. The Morgan fingerprint density at radius 3 is 2.58 bits per heavy atom. The smallest absolute Gasteiger partial charge is 0.321 e. The first-order valence-electron chi connectivity index (χ1n) is 9.43. The van der Waals surface area contributed by atoms with Crippen LogP contribution in [0.25, 0.3) is 0 Å². The van der Waals surface area contributed by atoms with Gasteiger partial charge in [-0.2, -0.15) is 0 Å². The van der Waals surface area contributed by atoms with Gasteiger partial charge in [-0.25, -0.2) is 0 Å². The fraction of sp³-hybridized carbons (Fsp3) is 0.714. The van der Waals surface area contributed by atoms with Gasteiger partial charge in [-0.3, -0.25) is 9.59 Å². The van der Waals surface area contributed by atoms with Crippen molar-refractivity contribution in [2.24, 2.45) is 39.9 Å². The van der Waals surface area contributed by atoms with Crippen molar-refractivity contribution >= 4 is 11.8 Å². The molecule has 0 heterocycles. The summed E-state index contributed by atoms with van der Waals surface area (Å²) in [6.07, 6.45) is 8.48. The molecule has 0 spiro atoms. The zero-order valence-electron chi connectivity index (χ0n) is 14.8. The van der Waals surface area contributed by atoms with E-state index in [1.54, 1.807) is 0 Å². The third-order valence-corrected chi connectivity index (χ3v) is 8.29. The average Bonchev–Trinajstić information content (AvgIpc) is 3.11. The summed E-state index contributed by atoms with van der Waals surface area (Å²) < 4.78 is 5.53. The topological polar surface area (TPSA) is 43.4 Å². The van der Waals surface area contributed by atoms with Gasteiger partial charge in [0.25, 0.3) is 0 Å². The van der Waals surface area contributed by atoms with Crippen molar-refractivity contribution in [2.75, 3.05) is 6.61 Å². The average molecular weight is 328 g/mol. The Labute approximate surface area is 144 Å². The van der Waals surface area contributed by atoms with Gasteiger partial charge >= 0.3 is 5.97 Å². The second-order valence-electron chi connectivity index (χ2n) is 8.52. The molecule has 4 rings (SSSR count). The summed E-state index contributed by atoms with van der Waals surface area (Å²) in [5, 5.41) is 0. The Bertz CT molecular complexity index is 637. The van der Waals surface area contributed by atoms with Crippen LogP contribution in [-0.4, -0.2) is 18.4 Å². The lowest BCUT2D eigenvalue weighted by Gasteiger charge is -2.56. The lowest BCUT2D eigenvalue weighted by atomic mass is 9.44. The van der Waals surface area contributed by atoms with Gasteiger partial charge in [-0.15, -0.1) is 13.2 Å². The van der Waals surface area contributed by atoms with Crippen LogP contribution >= 0.6 is 0 Å². The fourth-order valence-corrected chi connectivity index (χ4v) is 7.55. The number of ether oxygens (including phenoxy) is 1. The monoisotopic (exact) mass is 328 g/mol. The minimum Gasteiger partial charge on any atom is -0.465 e. The van der Waals surface area contributed by atoms with Gasteiger partial charge in [0, 0.05) is 17.3 Å². The summed E-state index contributed by atoms with van der Waals surface area (Å²) in [6, 6.07) is 0. The molecule has 4 aliphatic rings. The minimum atomic E-state index is -1.07. The summed E-state index contributed by atoms with van der Waals surface area (Å²) in [4.78, 5) is 26.6. The van der Waals surface area contributed by atoms with Crippen LogP contribution in [0.15, 0.2) is 25.3 Å². The molecule has 130 valence electrons. The molecule has 0 aromatic rings. The maximum Gasteiger partial charge on any atom is 0.321 e. The summed E-state index contributed by atoms with van der Waals surface area (Å²) in [7, 11) is 0. The van der Waals surface area contributed by atoms with E-state index in [0.29, 0.717) is 30.8 Å². The molecule has 4 saturated carbocycles. The normalized spacial score (nSPS) is 51.3. The quantitative estimate of drug-likeness (QED) is 0.446. The third-order valence-electron chi connectivity index (χ3n) is 8.29. The van der Waals surface area contributed by atoms with Crippen molar-refractivity contribution in [2.45, 2.75) is 46.0 Å². The van der Waals surface area contributed by atoms with Crippen LogP contribution in [0.2, 0.25) is 0 Å². The number of carbonyl (C=O) groups is 2. The molecule has 0 aliphatic heterocycles. The van der Waals surface area contributed by atoms with E-state index < -0.39 is 16.2 Å². The van der Waals surface area contributed by atoms with E-state index in [9.17, 15) is 9.59 Å². The van der Waals surface area contributed by atoms with E-state index in [0.717, 1.165) is 19.3 Å². The first-order chi connectivity index (χ1) is 11.4. The van der Waals surface area contributed by atoms with Crippen LogP contribution < -0.4 is 0 Å². The Morgan fingerprint density at radius 2 is 1.96 bits per heavy atom. The highest BCUT2D eigenvalue weighted by atomic mass is 16.5. The van der Waals surface area contributed by atoms with Crippen LogP contribution in [0.1, 0.15) is 46.0 Å². The van der Waals surface area contributed by atoms with Gasteiger partial charge in [-0.05, 0) is 49.9 Å². The predicted octanol–water partition coefficient (Wildman–Crippen LogP) is 3.94. The number of ketones is 1. The van der Waals surface area contributed by atoms with Gasteiger partial charge in [0.1, 0.15) is 5.41 Å². The number of fused-ring (bicyclic) bond motifs is 2. The van der Waals surface area contributed by atoms with Crippen molar-refractivity contribution in [1.29, 1.82) is 0 Å². The molecule has 24 heavy (non-hydrogen) atoms. The van der Waals surface area contributed by atoms with Crippen molar-refractivity contribution in [3.05, 3.63) is 25.3 Å². The molecule has 0 amide bonds. The molecule has 0 saturated heterocycles. The molecule has 4 aliphatic carbocycles. The highest BCUT2D eigenvalue weighted by molar-refractivity contribution is 6.10. The van der Waals surface area contributed by atoms with Crippen molar-refractivity contribution in [3.8, 4) is 0 Å². The number of hydrogen-bond acceptors (Lipinski definition) is 3. The van der Waals surface area contributed by atoms with Crippen LogP contribution in [0, 0.1) is 39.9 Å². The zero-order valence-corrected chi connectivity index (χ0v) is 14.8. The van der Waals surface area contributed by atoms with E-state index >= 15 is 0 Å². The number of Topliss-reactive ketones (excluding diaryl/α,β-unsaturated/α-hetero) is 1. The highest BCUT2D eigenvalue weighted by Gasteiger charge is 2.85. The van der Waals surface area contributed by atoms with Gasteiger partial charge in [-0.1, -0.05) is 25.5 Å². The van der Waals surface area contributed by atoms with E-state index in [2.05, 4.69) is 20.1 Å². The molecular weight excluding hydrogens is 300 g/mol. The van der Waals surface area contributed by atoms with Gasteiger partial charge in [0.05, 0.1) is 6.61 Å². The molecule has 0 radical (unpaired) electrons. The Balaban J connectivity index is 2.00. The number of carbonyl (C=O) groups excluding carboxylic acids is 2. The van der Waals surface area contributed by atoms with Crippen molar-refractivity contribution in [3.63, 3.8) is 0 Å². The molecule has 4 bridgehead atoms. The van der Waals surface area contributed by atoms with Crippen molar-refractivity contribution < 1.29 is 14.3 Å². The summed E-state index contributed by atoms with van der Waals surface area (Å²) >= 11 is 0. The molecule has 7 atom stereocenters. The SMILES string of the molecule is C=C[C@@]12C[C@@H]3[C@H](C)CC[C@H]3[C@@]3(C=C)CC1CC(=O)C23C(=O)OCC. The van der Waals surface area contributed by atoms with E-state index in [1.165, 1.54) is 6.42 Å². The fourth-order valence-electron chi connectivity index (χ4n) is 7.55. The molecule has 0 aromatic heterocycles. The first-order valence-corrected chi connectivity index (χ1v) is 9.43. The predicted molar refractivity (Wildman–Crippen MR) is 92.1 cm³/mol. The second-order valence-corrected chi connectivity index (χ2v) is 8.52. The number of rotatable bonds is 4. The first kappa shape index (κ1) is 16.1. The van der Waals surface area contributed by atoms with Crippen LogP contribution in [-0.2, 0) is 14.3 Å².